The molecule has 0 saturated heterocycles. The molecule has 1 aliphatic rings. The number of aryl methyl sites for hydroxylation is 1. The molecule has 2 heterocycles. The lowest BCUT2D eigenvalue weighted by Crippen LogP contribution is -2.51. The Morgan fingerprint density at radius 2 is 2.17 bits per heavy atom. The average Bonchev–Trinajstić information content (AvgIpc) is 3.14. The molecule has 4 nitrogen and oxygen atoms in total. The largest absolute Gasteiger partial charge is 0.496 e. The molecule has 29 heavy (non-hydrogen) atoms. The van der Waals surface area contributed by atoms with Crippen molar-refractivity contribution >= 4 is 10.9 Å². The zero-order valence-corrected chi connectivity index (χ0v) is 17.1. The van der Waals surface area contributed by atoms with Crippen LogP contribution in [0.4, 0.5) is 4.39 Å². The van der Waals surface area contributed by atoms with Gasteiger partial charge in [-0.25, -0.2) is 4.39 Å². The molecule has 1 aromatic heterocycles. The molecule has 1 aliphatic heterocycles. The van der Waals surface area contributed by atoms with Gasteiger partial charge in [0.1, 0.15) is 17.3 Å². The Kier molecular flexibility index (Phi) is 5.50. The van der Waals surface area contributed by atoms with Gasteiger partial charge in [0.05, 0.1) is 13.7 Å². The van der Waals surface area contributed by atoms with Crippen molar-refractivity contribution in [3.05, 3.63) is 59.5 Å². The van der Waals surface area contributed by atoms with Crippen LogP contribution in [0.25, 0.3) is 10.9 Å². The summed E-state index contributed by atoms with van der Waals surface area (Å²) in [5, 5.41) is 0.962. The Hall–Kier alpha value is -2.53. The van der Waals surface area contributed by atoms with Gasteiger partial charge in [-0.05, 0) is 68.0 Å². The van der Waals surface area contributed by atoms with E-state index in [-0.39, 0.29) is 17.3 Å². The van der Waals surface area contributed by atoms with E-state index in [1.165, 1.54) is 6.07 Å². The lowest BCUT2D eigenvalue weighted by Gasteiger charge is -2.40. The number of halogens is 1. The minimum atomic E-state index is -0.310. The van der Waals surface area contributed by atoms with E-state index in [0.717, 1.165) is 65.6 Å². The molecule has 154 valence electrons. The lowest BCUT2D eigenvalue weighted by molar-refractivity contribution is 0.132. The van der Waals surface area contributed by atoms with E-state index < -0.39 is 0 Å². The predicted octanol–water partition coefficient (Wildman–Crippen LogP) is 5.00. The van der Waals surface area contributed by atoms with Gasteiger partial charge in [-0.3, -0.25) is 0 Å². The van der Waals surface area contributed by atoms with Gasteiger partial charge in [-0.1, -0.05) is 13.0 Å². The third-order valence-electron chi connectivity index (χ3n) is 6.49. The SMILES string of the molecule is CCC(N)(CCCc1c[nH]c2ccc(F)cc12)[C@@H]1COc2cccc(OC)c2C1. The van der Waals surface area contributed by atoms with Crippen LogP contribution in [0.1, 0.15) is 37.3 Å². The van der Waals surface area contributed by atoms with Crippen LogP contribution in [0, 0.1) is 11.7 Å². The first-order valence-corrected chi connectivity index (χ1v) is 10.4. The highest BCUT2D eigenvalue weighted by molar-refractivity contribution is 5.83. The second-order valence-electron chi connectivity index (χ2n) is 8.09. The molecule has 5 heteroatoms. The Morgan fingerprint density at radius 3 is 2.97 bits per heavy atom. The summed E-state index contributed by atoms with van der Waals surface area (Å²) >= 11 is 0. The molecule has 0 fully saturated rings. The number of nitrogens with one attached hydrogen (secondary N) is 1. The summed E-state index contributed by atoms with van der Waals surface area (Å²) < 4.78 is 25.2. The van der Waals surface area contributed by atoms with Crippen molar-refractivity contribution in [2.24, 2.45) is 11.7 Å². The molecule has 0 radical (unpaired) electrons. The fourth-order valence-electron chi connectivity index (χ4n) is 4.57. The standard InChI is InChI=1S/C24H29FN2O2/c1-3-24(26,17-12-20-22(28-2)7-4-8-23(20)29-15-17)11-5-6-16-14-27-21-10-9-18(25)13-19(16)21/h4,7-10,13-14,17,27H,3,5-6,11-12,15,26H2,1-2H3/t17-,24?/m0/s1. The van der Waals surface area contributed by atoms with Gasteiger partial charge >= 0.3 is 0 Å². The molecule has 0 saturated carbocycles. The number of benzene rings is 2. The number of hydrogen-bond donors (Lipinski definition) is 2. The summed E-state index contributed by atoms with van der Waals surface area (Å²) in [6.07, 6.45) is 6.44. The Balaban J connectivity index is 1.46. The number of aromatic amines is 1. The maximum atomic E-state index is 13.6. The molecule has 3 N–H and O–H groups in total. The quantitative estimate of drug-likeness (QED) is 0.591. The van der Waals surface area contributed by atoms with Gasteiger partial charge in [-0.2, -0.15) is 0 Å². The summed E-state index contributed by atoms with van der Waals surface area (Å²) in [6.45, 7) is 2.78. The summed E-state index contributed by atoms with van der Waals surface area (Å²) in [5.41, 5.74) is 9.83. The van der Waals surface area contributed by atoms with Crippen LogP contribution < -0.4 is 15.2 Å². The number of hydrogen-bond acceptors (Lipinski definition) is 3. The number of methoxy groups -OCH3 is 1. The molecule has 3 aromatic rings. The first kappa shape index (κ1) is 19.8. The van der Waals surface area contributed by atoms with Crippen LogP contribution in [0.5, 0.6) is 11.5 Å². The van der Waals surface area contributed by atoms with Gasteiger partial charge in [0.2, 0.25) is 0 Å². The zero-order chi connectivity index (χ0) is 20.4. The predicted molar refractivity (Wildman–Crippen MR) is 114 cm³/mol. The highest BCUT2D eigenvalue weighted by atomic mass is 19.1. The van der Waals surface area contributed by atoms with Crippen molar-refractivity contribution in [2.45, 2.75) is 44.6 Å². The third-order valence-corrected chi connectivity index (χ3v) is 6.49. The number of nitrogens with two attached hydrogens (primary N) is 1. The number of aromatic nitrogens is 1. The second-order valence-corrected chi connectivity index (χ2v) is 8.09. The van der Waals surface area contributed by atoms with E-state index in [0.29, 0.717) is 6.61 Å². The minimum absolute atomic E-state index is 0.202. The zero-order valence-electron chi connectivity index (χ0n) is 17.1. The first-order chi connectivity index (χ1) is 14.0. The molecule has 0 aliphatic carbocycles. The number of fused-ring (bicyclic) bond motifs is 2. The maximum Gasteiger partial charge on any atom is 0.126 e. The van der Waals surface area contributed by atoms with Gasteiger partial charge in [0.25, 0.3) is 0 Å². The Morgan fingerprint density at radius 1 is 1.31 bits per heavy atom. The van der Waals surface area contributed by atoms with Gasteiger partial charge in [0, 0.05) is 34.1 Å². The molecule has 0 amide bonds. The van der Waals surface area contributed by atoms with Crippen molar-refractivity contribution in [2.75, 3.05) is 13.7 Å². The summed E-state index contributed by atoms with van der Waals surface area (Å²) in [7, 11) is 1.69. The molecule has 2 aromatic carbocycles. The number of rotatable bonds is 7. The minimum Gasteiger partial charge on any atom is -0.496 e. The van der Waals surface area contributed by atoms with E-state index in [9.17, 15) is 4.39 Å². The van der Waals surface area contributed by atoms with Crippen molar-refractivity contribution in [1.82, 2.24) is 4.98 Å². The molecule has 0 spiro atoms. The number of H-pyrrole nitrogens is 1. The van der Waals surface area contributed by atoms with E-state index in [4.69, 9.17) is 15.2 Å². The van der Waals surface area contributed by atoms with Crippen LogP contribution in [0.3, 0.4) is 0 Å². The molecule has 0 bridgehead atoms. The topological polar surface area (TPSA) is 60.3 Å². The first-order valence-electron chi connectivity index (χ1n) is 10.4. The van der Waals surface area contributed by atoms with Crippen molar-refractivity contribution < 1.29 is 13.9 Å². The fourth-order valence-corrected chi connectivity index (χ4v) is 4.57. The molecule has 1 unspecified atom stereocenters. The Bertz CT molecular complexity index is 985. The summed E-state index contributed by atoms with van der Waals surface area (Å²) in [6, 6.07) is 10.8. The number of ether oxygens (including phenoxy) is 2. The molecular formula is C24H29FN2O2. The molecular weight excluding hydrogens is 367 g/mol. The van der Waals surface area contributed by atoms with Gasteiger partial charge in [-0.15, -0.1) is 0 Å². The summed E-state index contributed by atoms with van der Waals surface area (Å²) in [5.74, 6) is 1.80. The Labute approximate surface area is 171 Å². The fraction of sp³-hybridized carbons (Fsp3) is 0.417. The third kappa shape index (κ3) is 3.84. The van der Waals surface area contributed by atoms with Crippen LogP contribution in [0.15, 0.2) is 42.6 Å². The average molecular weight is 397 g/mol. The summed E-state index contributed by atoms with van der Waals surface area (Å²) in [4.78, 5) is 3.23. The van der Waals surface area contributed by atoms with Gasteiger partial charge in [0.15, 0.2) is 0 Å². The van der Waals surface area contributed by atoms with Gasteiger partial charge < -0.3 is 20.2 Å². The van der Waals surface area contributed by atoms with Crippen LogP contribution in [-0.4, -0.2) is 24.2 Å². The molecule has 4 rings (SSSR count). The van der Waals surface area contributed by atoms with Crippen molar-refractivity contribution in [3.63, 3.8) is 0 Å². The van der Waals surface area contributed by atoms with E-state index in [1.807, 2.05) is 24.4 Å². The lowest BCUT2D eigenvalue weighted by atomic mass is 9.74. The second kappa shape index (κ2) is 8.07. The van der Waals surface area contributed by atoms with E-state index in [1.54, 1.807) is 19.2 Å². The van der Waals surface area contributed by atoms with E-state index in [2.05, 4.69) is 11.9 Å². The van der Waals surface area contributed by atoms with Crippen LogP contribution in [0.2, 0.25) is 0 Å². The maximum absolute atomic E-state index is 13.6. The van der Waals surface area contributed by atoms with Crippen molar-refractivity contribution in [3.8, 4) is 11.5 Å². The monoisotopic (exact) mass is 396 g/mol. The highest BCUT2D eigenvalue weighted by Gasteiger charge is 2.37. The molecule has 2 atom stereocenters. The van der Waals surface area contributed by atoms with Crippen LogP contribution in [-0.2, 0) is 12.8 Å². The van der Waals surface area contributed by atoms with Crippen LogP contribution >= 0.6 is 0 Å². The highest BCUT2D eigenvalue weighted by Crippen LogP contribution is 2.39. The normalized spacial score (nSPS) is 18.1. The van der Waals surface area contributed by atoms with Crippen molar-refractivity contribution in [1.29, 1.82) is 0 Å². The van der Waals surface area contributed by atoms with E-state index >= 15 is 0 Å². The smallest absolute Gasteiger partial charge is 0.126 e.